The number of nitrogens with zero attached hydrogens (tertiary/aromatic N) is 5. The van der Waals surface area contributed by atoms with Crippen molar-refractivity contribution in [3.8, 4) is 5.75 Å². The molecule has 1 fully saturated rings. The van der Waals surface area contributed by atoms with Crippen LogP contribution in [0.4, 0.5) is 26.6 Å². The second-order valence-electron chi connectivity index (χ2n) is 13.1. The van der Waals surface area contributed by atoms with E-state index in [0.29, 0.717) is 18.3 Å². The summed E-state index contributed by atoms with van der Waals surface area (Å²) in [5.41, 5.74) is 7.30. The lowest BCUT2D eigenvalue weighted by Gasteiger charge is -2.36. The molecule has 1 unspecified atom stereocenters. The minimum Gasteiger partial charge on any atom is -0.489 e. The minimum absolute atomic E-state index is 0.142. The van der Waals surface area contributed by atoms with Crippen LogP contribution >= 0.6 is 0 Å². The zero-order chi connectivity index (χ0) is 34.5. The molecule has 5 rings (SSSR count). The van der Waals surface area contributed by atoms with Gasteiger partial charge < -0.3 is 15.2 Å². The van der Waals surface area contributed by atoms with E-state index < -0.39 is 18.0 Å². The van der Waals surface area contributed by atoms with E-state index in [0.717, 1.165) is 71.7 Å². The minimum atomic E-state index is -1.16. The standard InChI is InChI=1S/C38H47FN6O3/c1-24(2)44-14-12-43(13-15-44)16-17-48-33-9-8-31(23-32(33)39)41-37-40-11-10-34(42-37)45(38(46)47)36(30-21-25(3)18-26(4)22-30)35-28(6)19-27(5)20-29(35)7/h8-11,18-24,36H,12-17H2,1-7H3,(H,46,47)(H,40,41,42). The molecule has 1 aromatic heterocycles. The molecule has 2 N–H and O–H groups in total. The van der Waals surface area contributed by atoms with Crippen molar-refractivity contribution in [1.82, 2.24) is 19.8 Å². The Morgan fingerprint density at radius 3 is 2.19 bits per heavy atom. The lowest BCUT2D eigenvalue weighted by molar-refractivity contribution is 0.0965. The van der Waals surface area contributed by atoms with Crippen molar-refractivity contribution in [2.24, 2.45) is 0 Å². The van der Waals surface area contributed by atoms with E-state index in [1.165, 1.54) is 17.2 Å². The fourth-order valence-corrected chi connectivity index (χ4v) is 6.73. The Kier molecular flexibility index (Phi) is 11.0. The van der Waals surface area contributed by atoms with Crippen molar-refractivity contribution in [2.75, 3.05) is 49.5 Å². The molecule has 10 heteroatoms. The van der Waals surface area contributed by atoms with Gasteiger partial charge in [-0.1, -0.05) is 47.0 Å². The predicted molar refractivity (Wildman–Crippen MR) is 189 cm³/mol. The predicted octanol–water partition coefficient (Wildman–Crippen LogP) is 7.58. The van der Waals surface area contributed by atoms with Gasteiger partial charge in [-0.15, -0.1) is 0 Å². The first-order valence-electron chi connectivity index (χ1n) is 16.6. The summed E-state index contributed by atoms with van der Waals surface area (Å²) in [4.78, 5) is 28.1. The Morgan fingerprint density at radius 2 is 1.58 bits per heavy atom. The highest BCUT2D eigenvalue weighted by molar-refractivity contribution is 5.87. The van der Waals surface area contributed by atoms with Crippen molar-refractivity contribution in [3.05, 3.63) is 106 Å². The van der Waals surface area contributed by atoms with Gasteiger partial charge in [0.15, 0.2) is 11.6 Å². The molecule has 9 nitrogen and oxygen atoms in total. The highest BCUT2D eigenvalue weighted by atomic mass is 19.1. The van der Waals surface area contributed by atoms with Crippen molar-refractivity contribution in [2.45, 2.75) is 60.5 Å². The van der Waals surface area contributed by atoms with Crippen molar-refractivity contribution in [3.63, 3.8) is 0 Å². The van der Waals surface area contributed by atoms with Gasteiger partial charge in [0.25, 0.3) is 0 Å². The molecule has 0 aliphatic carbocycles. The lowest BCUT2D eigenvalue weighted by Crippen LogP contribution is -2.49. The Balaban J connectivity index is 1.36. The maximum absolute atomic E-state index is 15.1. The largest absolute Gasteiger partial charge is 0.489 e. The summed E-state index contributed by atoms with van der Waals surface area (Å²) < 4.78 is 20.9. The Labute approximate surface area is 283 Å². The van der Waals surface area contributed by atoms with Gasteiger partial charge in [0, 0.05) is 56.7 Å². The van der Waals surface area contributed by atoms with E-state index in [-0.39, 0.29) is 17.5 Å². The van der Waals surface area contributed by atoms with Gasteiger partial charge >= 0.3 is 6.09 Å². The summed E-state index contributed by atoms with van der Waals surface area (Å²) in [6, 6.07) is 16.3. The van der Waals surface area contributed by atoms with Gasteiger partial charge in [-0.25, -0.2) is 19.1 Å². The van der Waals surface area contributed by atoms with Gasteiger partial charge in [0.2, 0.25) is 5.95 Å². The van der Waals surface area contributed by atoms with E-state index in [9.17, 15) is 9.90 Å². The number of piperazine rings is 1. The van der Waals surface area contributed by atoms with E-state index in [4.69, 9.17) is 4.74 Å². The van der Waals surface area contributed by atoms with Gasteiger partial charge in [-0.05, 0) is 88.9 Å². The number of rotatable bonds is 11. The van der Waals surface area contributed by atoms with Gasteiger partial charge in [-0.2, -0.15) is 4.98 Å². The quantitative estimate of drug-likeness (QED) is 0.171. The number of ether oxygens (including phenoxy) is 1. The number of nitrogens with one attached hydrogen (secondary N) is 1. The van der Waals surface area contributed by atoms with Gasteiger partial charge in [0.1, 0.15) is 12.4 Å². The smallest absolute Gasteiger partial charge is 0.413 e. The maximum atomic E-state index is 15.1. The van der Waals surface area contributed by atoms with Gasteiger partial charge in [0.05, 0.1) is 6.04 Å². The Hall–Kier alpha value is -4.54. The maximum Gasteiger partial charge on any atom is 0.413 e. The highest BCUT2D eigenvalue weighted by Gasteiger charge is 2.32. The van der Waals surface area contributed by atoms with Crippen LogP contribution in [-0.4, -0.2) is 76.3 Å². The summed E-state index contributed by atoms with van der Waals surface area (Å²) >= 11 is 0. The highest BCUT2D eigenvalue weighted by Crippen LogP contribution is 2.37. The third kappa shape index (κ3) is 8.29. The van der Waals surface area contributed by atoms with E-state index in [1.807, 2.05) is 46.8 Å². The number of carboxylic acid groups (broad SMARTS) is 1. The Bertz CT molecular complexity index is 1710. The average molecular weight is 655 g/mol. The molecule has 0 saturated carbocycles. The van der Waals surface area contributed by atoms with E-state index >= 15 is 4.39 Å². The van der Waals surface area contributed by atoms with Crippen LogP contribution in [0.5, 0.6) is 5.75 Å². The molecule has 1 atom stereocenters. The molecule has 0 spiro atoms. The number of hydrogen-bond donors (Lipinski definition) is 2. The fraction of sp³-hybridized carbons (Fsp3) is 0.395. The molecule has 2 heterocycles. The second-order valence-corrected chi connectivity index (χ2v) is 13.1. The summed E-state index contributed by atoms with van der Waals surface area (Å²) in [5.74, 6) is 0.00318. The molecule has 1 amide bonds. The second kappa shape index (κ2) is 15.1. The molecule has 48 heavy (non-hydrogen) atoms. The van der Waals surface area contributed by atoms with Crippen LogP contribution in [0, 0.1) is 40.4 Å². The van der Waals surface area contributed by atoms with Crippen LogP contribution in [0.1, 0.15) is 58.8 Å². The molecule has 0 bridgehead atoms. The monoisotopic (exact) mass is 654 g/mol. The lowest BCUT2D eigenvalue weighted by atomic mass is 9.87. The molecule has 1 aliphatic heterocycles. The number of amides is 1. The van der Waals surface area contributed by atoms with Crippen molar-refractivity contribution in [1.29, 1.82) is 0 Å². The molecule has 0 radical (unpaired) electrons. The number of aromatic nitrogens is 2. The van der Waals surface area contributed by atoms with Crippen molar-refractivity contribution >= 4 is 23.5 Å². The van der Waals surface area contributed by atoms with Crippen LogP contribution < -0.4 is 15.0 Å². The molecular weight excluding hydrogens is 607 g/mol. The Morgan fingerprint density at radius 1 is 0.938 bits per heavy atom. The normalized spacial score (nSPS) is 14.6. The number of anilines is 3. The number of benzene rings is 3. The summed E-state index contributed by atoms with van der Waals surface area (Å²) in [5, 5.41) is 13.8. The van der Waals surface area contributed by atoms with E-state index in [1.54, 1.807) is 18.2 Å². The van der Waals surface area contributed by atoms with Crippen molar-refractivity contribution < 1.29 is 19.0 Å². The van der Waals surface area contributed by atoms with Crippen LogP contribution in [0.2, 0.25) is 0 Å². The van der Waals surface area contributed by atoms with Crippen LogP contribution in [0.3, 0.4) is 0 Å². The summed E-state index contributed by atoms with van der Waals surface area (Å²) in [7, 11) is 0. The number of hydrogen-bond acceptors (Lipinski definition) is 7. The van der Waals surface area contributed by atoms with E-state index in [2.05, 4.69) is 57.1 Å². The number of carbonyl (C=O) groups is 1. The zero-order valence-corrected chi connectivity index (χ0v) is 29.0. The fourth-order valence-electron chi connectivity index (χ4n) is 6.73. The first-order chi connectivity index (χ1) is 22.9. The van der Waals surface area contributed by atoms with Gasteiger partial charge in [-0.3, -0.25) is 9.80 Å². The molecule has 254 valence electrons. The summed E-state index contributed by atoms with van der Waals surface area (Å²) in [6.45, 7) is 19.6. The SMILES string of the molecule is Cc1cc(C)cc(C(c2c(C)cc(C)cc2C)N(C(=O)O)c2ccnc(Nc3ccc(OCCN4CCN(C(C)C)CC4)c(F)c3)n2)c1. The zero-order valence-electron chi connectivity index (χ0n) is 29.0. The van der Waals surface area contributed by atoms with Crippen LogP contribution in [0.15, 0.2) is 60.8 Å². The first-order valence-corrected chi connectivity index (χ1v) is 16.6. The van der Waals surface area contributed by atoms with Crippen LogP contribution in [-0.2, 0) is 0 Å². The third-order valence-corrected chi connectivity index (χ3v) is 8.91. The van der Waals surface area contributed by atoms with Crippen LogP contribution in [0.25, 0.3) is 0 Å². The molecular formula is C38H47FN6O3. The first kappa shape index (κ1) is 34.8. The molecule has 4 aromatic rings. The molecule has 1 aliphatic rings. The molecule has 3 aromatic carbocycles. The average Bonchev–Trinajstić information content (AvgIpc) is 3.01. The number of aryl methyl sites for hydroxylation is 5. The topological polar surface area (TPSA) is 94.1 Å². The number of halogens is 1. The summed E-state index contributed by atoms with van der Waals surface area (Å²) in [6.07, 6.45) is 0.348. The third-order valence-electron chi connectivity index (χ3n) is 8.91. The molecule has 1 saturated heterocycles.